The number of halogens is 2. The number of ether oxygens (including phenoxy) is 1. The molecule has 1 fully saturated rings. The molecular formula is C20H26ClFN4O5S. The van der Waals surface area contributed by atoms with Gasteiger partial charge in [-0.05, 0) is 43.7 Å². The van der Waals surface area contributed by atoms with Crippen molar-refractivity contribution in [2.24, 2.45) is 13.0 Å². The molecule has 1 heterocycles. The summed E-state index contributed by atoms with van der Waals surface area (Å²) in [7, 11) is -2.07. The number of imidazole rings is 1. The molecule has 1 aromatic carbocycles. The number of aryl methyl sites for hydroxylation is 1. The Morgan fingerprint density at radius 2 is 2.06 bits per heavy atom. The largest absolute Gasteiger partial charge is 0.394 e. The fourth-order valence-corrected chi connectivity index (χ4v) is 5.20. The van der Waals surface area contributed by atoms with Crippen molar-refractivity contribution < 1.29 is 27.4 Å². The average molecular weight is 489 g/mol. The van der Waals surface area contributed by atoms with E-state index in [0.717, 1.165) is 0 Å². The number of aromatic nitrogens is 2. The van der Waals surface area contributed by atoms with Gasteiger partial charge in [-0.25, -0.2) is 17.8 Å². The number of hydrogen-bond donors (Lipinski definition) is 3. The summed E-state index contributed by atoms with van der Waals surface area (Å²) < 4.78 is 46.4. The molecule has 176 valence electrons. The third-order valence-corrected chi connectivity index (χ3v) is 6.89. The lowest BCUT2D eigenvalue weighted by atomic mass is 9.89. The molecule has 0 atom stereocenters. The number of hydrazine groups is 1. The first kappa shape index (κ1) is 24.6. The summed E-state index contributed by atoms with van der Waals surface area (Å²) in [4.78, 5) is 18.7. The number of nitrogens with zero attached hydrogens (tertiary/aromatic N) is 2. The van der Waals surface area contributed by atoms with E-state index in [0.29, 0.717) is 36.9 Å². The van der Waals surface area contributed by atoms with Crippen LogP contribution < -0.4 is 10.3 Å². The molecule has 1 aliphatic rings. The first-order valence-electron chi connectivity index (χ1n) is 10.2. The zero-order valence-corrected chi connectivity index (χ0v) is 19.1. The van der Waals surface area contributed by atoms with E-state index < -0.39 is 27.3 Å². The van der Waals surface area contributed by atoms with Crippen molar-refractivity contribution in [3.05, 3.63) is 41.1 Å². The van der Waals surface area contributed by atoms with Crippen LogP contribution in [0.3, 0.4) is 0 Å². The highest BCUT2D eigenvalue weighted by atomic mass is 35.5. The van der Waals surface area contributed by atoms with Crippen LogP contribution in [0.4, 0.5) is 4.39 Å². The van der Waals surface area contributed by atoms with Crippen LogP contribution in [-0.2, 0) is 21.8 Å². The van der Waals surface area contributed by atoms with Crippen LogP contribution >= 0.6 is 11.6 Å². The number of hydrogen-bond acceptors (Lipinski definition) is 6. The quantitative estimate of drug-likeness (QED) is 0.464. The number of aliphatic hydroxyl groups excluding tert-OH is 1. The van der Waals surface area contributed by atoms with Crippen molar-refractivity contribution in [3.63, 3.8) is 0 Å². The number of sulfonamides is 1. The normalized spacial score (nSPS) is 19.1. The van der Waals surface area contributed by atoms with Crippen molar-refractivity contribution in [2.45, 2.75) is 31.8 Å². The number of rotatable bonds is 9. The maximum absolute atomic E-state index is 14.4. The molecule has 1 saturated carbocycles. The molecule has 3 rings (SSSR count). The average Bonchev–Trinajstić information content (AvgIpc) is 3.19. The zero-order valence-electron chi connectivity index (χ0n) is 17.6. The number of benzene rings is 1. The van der Waals surface area contributed by atoms with Crippen LogP contribution in [0.15, 0.2) is 24.7 Å². The predicted octanol–water partition coefficient (Wildman–Crippen LogP) is 2.01. The Labute approximate surface area is 191 Å². The van der Waals surface area contributed by atoms with E-state index in [1.807, 2.05) is 4.83 Å². The lowest BCUT2D eigenvalue weighted by Crippen LogP contribution is -2.44. The molecule has 0 spiro atoms. The highest BCUT2D eigenvalue weighted by Crippen LogP contribution is 2.28. The molecule has 1 aliphatic carbocycles. The summed E-state index contributed by atoms with van der Waals surface area (Å²) in [6, 6.07) is 2.61. The minimum Gasteiger partial charge on any atom is -0.394 e. The smallest absolute Gasteiger partial charge is 0.269 e. The Morgan fingerprint density at radius 3 is 2.69 bits per heavy atom. The van der Waals surface area contributed by atoms with Gasteiger partial charge in [0.1, 0.15) is 0 Å². The van der Waals surface area contributed by atoms with Gasteiger partial charge in [0.15, 0.2) is 5.82 Å². The van der Waals surface area contributed by atoms with Crippen molar-refractivity contribution in [3.8, 4) is 11.3 Å². The lowest BCUT2D eigenvalue weighted by Gasteiger charge is -2.28. The Hall–Kier alpha value is -2.05. The zero-order chi connectivity index (χ0) is 23.3. The summed E-state index contributed by atoms with van der Waals surface area (Å²) in [5.41, 5.74) is 2.57. The Bertz CT molecular complexity index is 1050. The third-order valence-electron chi connectivity index (χ3n) is 5.29. The Kier molecular flexibility index (Phi) is 8.23. The SMILES string of the molecule is Cn1cnc(-c2cc(Cl)c(F)c(C(=O)NNS(=O)(=O)CC3CCC(OCCO)CC3)c2)c1. The fourth-order valence-electron chi connectivity index (χ4n) is 3.69. The van der Waals surface area contributed by atoms with Crippen molar-refractivity contribution in [1.29, 1.82) is 0 Å². The summed E-state index contributed by atoms with van der Waals surface area (Å²) in [5, 5.41) is 8.54. The van der Waals surface area contributed by atoms with Gasteiger partial charge in [-0.2, -0.15) is 0 Å². The highest BCUT2D eigenvalue weighted by molar-refractivity contribution is 7.89. The number of aliphatic hydroxyl groups is 1. The summed E-state index contributed by atoms with van der Waals surface area (Å²) in [6.07, 6.45) is 5.97. The van der Waals surface area contributed by atoms with Gasteiger partial charge in [0, 0.05) is 18.8 Å². The van der Waals surface area contributed by atoms with E-state index in [1.165, 1.54) is 12.1 Å². The van der Waals surface area contributed by atoms with Crippen molar-refractivity contribution in [2.75, 3.05) is 19.0 Å². The van der Waals surface area contributed by atoms with Crippen LogP contribution in [-0.4, -0.2) is 54.1 Å². The van der Waals surface area contributed by atoms with Gasteiger partial charge in [0.25, 0.3) is 5.91 Å². The van der Waals surface area contributed by atoms with Gasteiger partial charge in [0.05, 0.1) is 47.7 Å². The second kappa shape index (κ2) is 10.7. The summed E-state index contributed by atoms with van der Waals surface area (Å²) in [6.45, 7) is 0.220. The fraction of sp³-hybridized carbons (Fsp3) is 0.500. The first-order valence-corrected chi connectivity index (χ1v) is 12.2. The first-order chi connectivity index (χ1) is 15.2. The number of carbonyl (C=O) groups is 1. The molecule has 32 heavy (non-hydrogen) atoms. The number of amides is 1. The van der Waals surface area contributed by atoms with Gasteiger partial charge in [-0.1, -0.05) is 11.6 Å². The topological polar surface area (TPSA) is 123 Å². The van der Waals surface area contributed by atoms with E-state index in [-0.39, 0.29) is 36.0 Å². The van der Waals surface area contributed by atoms with Crippen LogP contribution in [0.1, 0.15) is 36.0 Å². The summed E-state index contributed by atoms with van der Waals surface area (Å²) in [5.74, 6) is -2.18. The predicted molar refractivity (Wildman–Crippen MR) is 117 cm³/mol. The molecule has 9 nitrogen and oxygen atoms in total. The standard InChI is InChI=1S/C20H26ClFN4O5S/c1-26-10-18(23-12-26)14-8-16(19(22)17(21)9-14)20(28)24-25-32(29,30)11-13-2-4-15(5-3-13)31-7-6-27/h8-10,12-13,15,25,27H,2-7,11H2,1H3,(H,24,28). The van der Waals surface area contributed by atoms with Crippen LogP contribution in [0.2, 0.25) is 5.02 Å². The second-order valence-electron chi connectivity index (χ2n) is 7.82. The molecular weight excluding hydrogens is 463 g/mol. The van der Waals surface area contributed by atoms with Crippen molar-refractivity contribution in [1.82, 2.24) is 19.8 Å². The molecule has 12 heteroatoms. The lowest BCUT2D eigenvalue weighted by molar-refractivity contribution is 0.00212. The maximum Gasteiger partial charge on any atom is 0.269 e. The van der Waals surface area contributed by atoms with E-state index in [2.05, 4.69) is 10.4 Å². The second-order valence-corrected chi connectivity index (χ2v) is 9.99. The van der Waals surface area contributed by atoms with E-state index in [9.17, 15) is 17.6 Å². The molecule has 0 bridgehead atoms. The van der Waals surface area contributed by atoms with Crippen molar-refractivity contribution >= 4 is 27.5 Å². The van der Waals surface area contributed by atoms with Crippen LogP contribution in [0.5, 0.6) is 0 Å². The van der Waals surface area contributed by atoms with Crippen LogP contribution in [0.25, 0.3) is 11.3 Å². The molecule has 0 radical (unpaired) electrons. The number of nitrogens with one attached hydrogen (secondary N) is 2. The van der Waals surface area contributed by atoms with E-state index in [1.54, 1.807) is 24.1 Å². The Morgan fingerprint density at radius 1 is 1.34 bits per heavy atom. The third kappa shape index (κ3) is 6.48. The van der Waals surface area contributed by atoms with Gasteiger partial charge in [-0.3, -0.25) is 10.2 Å². The van der Waals surface area contributed by atoms with E-state index in [4.69, 9.17) is 21.4 Å². The molecule has 3 N–H and O–H groups in total. The molecule has 1 amide bonds. The van der Waals surface area contributed by atoms with E-state index >= 15 is 0 Å². The summed E-state index contributed by atoms with van der Waals surface area (Å²) >= 11 is 5.93. The molecule has 1 aromatic heterocycles. The number of carbonyl (C=O) groups excluding carboxylic acids is 1. The Balaban J connectivity index is 1.59. The molecule has 0 aliphatic heterocycles. The van der Waals surface area contributed by atoms with Gasteiger partial charge >= 0.3 is 0 Å². The van der Waals surface area contributed by atoms with Gasteiger partial charge in [-0.15, -0.1) is 4.83 Å². The highest BCUT2D eigenvalue weighted by Gasteiger charge is 2.27. The minimum absolute atomic E-state index is 0.0212. The minimum atomic E-state index is -3.83. The molecule has 2 aromatic rings. The maximum atomic E-state index is 14.4. The monoisotopic (exact) mass is 488 g/mol. The van der Waals surface area contributed by atoms with Gasteiger partial charge < -0.3 is 14.4 Å². The van der Waals surface area contributed by atoms with Gasteiger partial charge in [0.2, 0.25) is 10.0 Å². The molecule has 0 unspecified atom stereocenters. The van der Waals surface area contributed by atoms with Crippen LogP contribution in [0, 0.1) is 11.7 Å². The molecule has 0 saturated heterocycles.